The van der Waals surface area contributed by atoms with Crippen LogP contribution in [0.2, 0.25) is 0 Å². The Morgan fingerprint density at radius 3 is 2.52 bits per heavy atom. The molecule has 2 saturated carbocycles. The van der Waals surface area contributed by atoms with E-state index in [2.05, 4.69) is 23.7 Å². The third-order valence-electron chi connectivity index (χ3n) is 6.74. The molecular formula is C22H30N2O3. The smallest absolute Gasteiger partial charge is 0.306 e. The molecule has 0 bridgehead atoms. The summed E-state index contributed by atoms with van der Waals surface area (Å²) in [5.74, 6) is -1.07. The van der Waals surface area contributed by atoms with E-state index in [0.717, 1.165) is 23.2 Å². The van der Waals surface area contributed by atoms with Crippen LogP contribution in [0, 0.1) is 5.92 Å². The maximum Gasteiger partial charge on any atom is 0.306 e. The number of rotatable bonds is 4. The minimum atomic E-state index is -0.922. The number of benzene rings is 1. The Morgan fingerprint density at radius 2 is 1.89 bits per heavy atom. The molecule has 1 aromatic carbocycles. The molecule has 146 valence electrons. The molecule has 0 spiro atoms. The fourth-order valence-corrected chi connectivity index (χ4v) is 4.99. The van der Waals surface area contributed by atoms with Crippen molar-refractivity contribution in [1.29, 1.82) is 0 Å². The van der Waals surface area contributed by atoms with Crippen LogP contribution in [-0.2, 0) is 16.8 Å². The molecule has 1 aromatic heterocycles. The van der Waals surface area contributed by atoms with Gasteiger partial charge in [0.1, 0.15) is 0 Å². The van der Waals surface area contributed by atoms with Crippen LogP contribution >= 0.6 is 0 Å². The topological polar surface area (TPSA) is 75.3 Å². The molecule has 0 atom stereocenters. The minimum absolute atomic E-state index is 0.325. The van der Waals surface area contributed by atoms with Gasteiger partial charge in [-0.3, -0.25) is 9.48 Å². The van der Waals surface area contributed by atoms with Crippen molar-refractivity contribution in [1.82, 2.24) is 9.78 Å². The van der Waals surface area contributed by atoms with E-state index in [1.165, 1.54) is 37.5 Å². The number of fused-ring (bicyclic) bond motifs is 1. The third kappa shape index (κ3) is 3.38. The van der Waals surface area contributed by atoms with Gasteiger partial charge >= 0.3 is 5.97 Å². The van der Waals surface area contributed by atoms with Crippen molar-refractivity contribution in [3.63, 3.8) is 0 Å². The molecule has 0 aliphatic heterocycles. The first-order valence-electron chi connectivity index (χ1n) is 10.5. The number of aryl methyl sites for hydroxylation is 1. The number of nitrogens with zero attached hydrogens (tertiary/aromatic N) is 2. The molecule has 5 heteroatoms. The molecule has 0 saturated heterocycles. The van der Waals surface area contributed by atoms with Crippen molar-refractivity contribution in [3.05, 3.63) is 29.5 Å². The van der Waals surface area contributed by atoms with E-state index >= 15 is 0 Å². The van der Waals surface area contributed by atoms with E-state index in [1.54, 1.807) is 0 Å². The average molecular weight is 370 g/mol. The Morgan fingerprint density at radius 1 is 1.19 bits per heavy atom. The molecule has 2 aromatic rings. The van der Waals surface area contributed by atoms with Gasteiger partial charge in [0, 0.05) is 5.39 Å². The largest absolute Gasteiger partial charge is 0.481 e. The van der Waals surface area contributed by atoms with Gasteiger partial charge in [-0.2, -0.15) is 5.10 Å². The summed E-state index contributed by atoms with van der Waals surface area (Å²) >= 11 is 0. The Labute approximate surface area is 160 Å². The van der Waals surface area contributed by atoms with E-state index in [0.29, 0.717) is 31.7 Å². The van der Waals surface area contributed by atoms with E-state index in [1.807, 2.05) is 6.07 Å². The zero-order valence-electron chi connectivity index (χ0n) is 16.2. The highest BCUT2D eigenvalue weighted by Gasteiger charge is 2.37. The fraction of sp³-hybridized carbons (Fsp3) is 0.636. The van der Waals surface area contributed by atoms with E-state index in [4.69, 9.17) is 5.10 Å². The lowest BCUT2D eigenvalue weighted by Crippen LogP contribution is -2.33. The van der Waals surface area contributed by atoms with Gasteiger partial charge in [0.2, 0.25) is 0 Å². The Hall–Kier alpha value is -1.88. The Kier molecular flexibility index (Phi) is 4.97. The molecule has 0 unspecified atom stereocenters. The van der Waals surface area contributed by atoms with Crippen molar-refractivity contribution in [3.8, 4) is 0 Å². The van der Waals surface area contributed by atoms with Gasteiger partial charge in [0.25, 0.3) is 0 Å². The average Bonchev–Trinajstić information content (AvgIpc) is 3.07. The molecule has 5 nitrogen and oxygen atoms in total. The minimum Gasteiger partial charge on any atom is -0.481 e. The number of carbonyl (C=O) groups is 1. The van der Waals surface area contributed by atoms with Crippen molar-refractivity contribution in [2.45, 2.75) is 82.8 Å². The number of carboxylic acids is 1. The van der Waals surface area contributed by atoms with Crippen molar-refractivity contribution in [2.24, 2.45) is 5.92 Å². The van der Waals surface area contributed by atoms with Crippen LogP contribution in [0.1, 0.15) is 82.0 Å². The summed E-state index contributed by atoms with van der Waals surface area (Å²) in [7, 11) is 0. The van der Waals surface area contributed by atoms with Gasteiger partial charge in [-0.25, -0.2) is 0 Å². The Bertz CT molecular complexity index is 827. The second kappa shape index (κ2) is 7.27. The Balaban J connectivity index is 1.69. The highest BCUT2D eigenvalue weighted by Crippen LogP contribution is 2.41. The zero-order valence-corrected chi connectivity index (χ0v) is 16.2. The predicted molar refractivity (Wildman–Crippen MR) is 105 cm³/mol. The summed E-state index contributed by atoms with van der Waals surface area (Å²) < 4.78 is 2.21. The SMILES string of the molecule is CCc1nn(C2CCCCC2)c2cc(C3(O)CCC(C(=O)O)CC3)ccc12. The van der Waals surface area contributed by atoms with E-state index in [-0.39, 0.29) is 5.92 Å². The maximum absolute atomic E-state index is 11.2. The van der Waals surface area contributed by atoms with Crippen LogP contribution in [-0.4, -0.2) is 26.0 Å². The third-order valence-corrected chi connectivity index (χ3v) is 6.74. The summed E-state index contributed by atoms with van der Waals surface area (Å²) in [5, 5.41) is 26.6. The van der Waals surface area contributed by atoms with Crippen LogP contribution in [0.15, 0.2) is 18.2 Å². The number of carboxylic acid groups (broad SMARTS) is 1. The van der Waals surface area contributed by atoms with Crippen molar-refractivity contribution < 1.29 is 15.0 Å². The molecular weight excluding hydrogens is 340 g/mol. The highest BCUT2D eigenvalue weighted by molar-refractivity contribution is 5.83. The predicted octanol–water partition coefficient (Wildman–Crippen LogP) is 4.57. The monoisotopic (exact) mass is 370 g/mol. The van der Waals surface area contributed by atoms with Gasteiger partial charge in [-0.1, -0.05) is 38.3 Å². The first-order chi connectivity index (χ1) is 13.0. The number of aliphatic carboxylic acids is 1. The van der Waals surface area contributed by atoms with Crippen LogP contribution in [0.25, 0.3) is 10.9 Å². The van der Waals surface area contributed by atoms with Gasteiger partial charge in [-0.05, 0) is 56.6 Å². The zero-order chi connectivity index (χ0) is 19.0. The molecule has 0 radical (unpaired) electrons. The molecule has 4 rings (SSSR count). The van der Waals surface area contributed by atoms with Crippen LogP contribution < -0.4 is 0 Å². The molecule has 0 amide bonds. The molecule has 2 N–H and O–H groups in total. The lowest BCUT2D eigenvalue weighted by Gasteiger charge is -2.35. The maximum atomic E-state index is 11.2. The van der Waals surface area contributed by atoms with Gasteiger partial charge in [-0.15, -0.1) is 0 Å². The normalized spacial score (nSPS) is 27.1. The molecule has 2 fully saturated rings. The number of aliphatic hydroxyl groups is 1. The first kappa shape index (κ1) is 18.5. The highest BCUT2D eigenvalue weighted by atomic mass is 16.4. The number of hydrogen-bond acceptors (Lipinski definition) is 3. The van der Waals surface area contributed by atoms with Crippen LogP contribution in [0.3, 0.4) is 0 Å². The standard InChI is InChI=1S/C22H30N2O3/c1-2-19-18-9-8-16(22(27)12-10-15(11-13-22)21(25)26)14-20(18)24(23-19)17-6-4-3-5-7-17/h8-9,14-15,17,27H,2-7,10-13H2,1H3,(H,25,26). The van der Waals surface area contributed by atoms with Crippen LogP contribution in [0.4, 0.5) is 0 Å². The van der Waals surface area contributed by atoms with Gasteiger partial charge in [0.05, 0.1) is 28.8 Å². The summed E-state index contributed by atoms with van der Waals surface area (Å²) in [6, 6.07) is 6.71. The van der Waals surface area contributed by atoms with Crippen molar-refractivity contribution in [2.75, 3.05) is 0 Å². The van der Waals surface area contributed by atoms with Gasteiger partial charge < -0.3 is 10.2 Å². The first-order valence-corrected chi connectivity index (χ1v) is 10.5. The lowest BCUT2D eigenvalue weighted by molar-refractivity contribution is -0.145. The number of hydrogen-bond donors (Lipinski definition) is 2. The molecule has 1 heterocycles. The second-order valence-corrected chi connectivity index (χ2v) is 8.41. The fourth-order valence-electron chi connectivity index (χ4n) is 4.99. The lowest BCUT2D eigenvalue weighted by atomic mass is 9.75. The van der Waals surface area contributed by atoms with Gasteiger partial charge in [0.15, 0.2) is 0 Å². The van der Waals surface area contributed by atoms with E-state index < -0.39 is 11.6 Å². The molecule has 27 heavy (non-hydrogen) atoms. The van der Waals surface area contributed by atoms with Crippen molar-refractivity contribution >= 4 is 16.9 Å². The summed E-state index contributed by atoms with van der Waals surface area (Å²) in [5.41, 5.74) is 2.25. The molecule has 2 aliphatic carbocycles. The quantitative estimate of drug-likeness (QED) is 0.827. The summed E-state index contributed by atoms with van der Waals surface area (Å²) in [4.78, 5) is 11.2. The summed E-state index contributed by atoms with van der Waals surface area (Å²) in [6.45, 7) is 2.14. The van der Waals surface area contributed by atoms with E-state index in [9.17, 15) is 15.0 Å². The summed E-state index contributed by atoms with van der Waals surface area (Å²) in [6.07, 6.45) is 9.16. The molecule has 2 aliphatic rings. The van der Waals surface area contributed by atoms with Crippen LogP contribution in [0.5, 0.6) is 0 Å². The number of aromatic nitrogens is 2. The second-order valence-electron chi connectivity index (χ2n) is 8.41.